The summed E-state index contributed by atoms with van der Waals surface area (Å²) in [4.78, 5) is 27.3. The first-order valence-corrected chi connectivity index (χ1v) is 9.82. The van der Waals surface area contributed by atoms with Gasteiger partial charge in [0.25, 0.3) is 5.91 Å². The highest BCUT2D eigenvalue weighted by Crippen LogP contribution is 2.41. The zero-order chi connectivity index (χ0) is 22.0. The number of aliphatic hydroxyl groups excluding tert-OH is 1. The van der Waals surface area contributed by atoms with Gasteiger partial charge in [-0.1, -0.05) is 72.3 Å². The van der Waals surface area contributed by atoms with Crippen LogP contribution < -0.4 is 4.90 Å². The summed E-state index contributed by atoms with van der Waals surface area (Å²) >= 11 is 0. The molecule has 1 unspecified atom stereocenters. The molecular formula is C26H20FNO3. The van der Waals surface area contributed by atoms with Crippen molar-refractivity contribution in [2.45, 2.75) is 13.0 Å². The van der Waals surface area contributed by atoms with Gasteiger partial charge in [-0.15, -0.1) is 0 Å². The number of carbonyl (C=O) groups is 2. The third kappa shape index (κ3) is 3.90. The first-order valence-electron chi connectivity index (χ1n) is 9.82. The van der Waals surface area contributed by atoms with Crippen molar-refractivity contribution in [3.8, 4) is 0 Å². The highest BCUT2D eigenvalue weighted by molar-refractivity contribution is 6.19. The van der Waals surface area contributed by atoms with E-state index in [0.717, 1.165) is 11.1 Å². The molecule has 5 heteroatoms. The third-order valence-electron chi connectivity index (χ3n) is 5.21. The molecule has 3 aromatic rings. The lowest BCUT2D eigenvalue weighted by Crippen LogP contribution is -2.31. The summed E-state index contributed by atoms with van der Waals surface area (Å²) in [7, 11) is 0. The molecule has 1 aliphatic heterocycles. The molecule has 0 saturated heterocycles. The Morgan fingerprint density at radius 1 is 0.968 bits per heavy atom. The summed E-state index contributed by atoms with van der Waals surface area (Å²) < 4.78 is 14.8. The number of nitrogens with zero attached hydrogens (tertiary/aromatic N) is 1. The SMILES string of the molecule is Cc1ccc(N2C(=O)C(O)=C(C(=O)/C=C/c3ccccc3)C2c2ccccc2F)cc1. The van der Waals surface area contributed by atoms with Crippen LogP contribution in [-0.4, -0.2) is 16.8 Å². The van der Waals surface area contributed by atoms with E-state index in [1.54, 1.807) is 24.3 Å². The fraction of sp³-hybridized carbons (Fsp3) is 0.0769. The van der Waals surface area contributed by atoms with Gasteiger partial charge in [-0.2, -0.15) is 0 Å². The fourth-order valence-corrected chi connectivity index (χ4v) is 3.65. The lowest BCUT2D eigenvalue weighted by Gasteiger charge is -2.27. The maximum Gasteiger partial charge on any atom is 0.294 e. The number of benzene rings is 3. The van der Waals surface area contributed by atoms with Crippen molar-refractivity contribution in [3.05, 3.63) is 119 Å². The smallest absolute Gasteiger partial charge is 0.294 e. The van der Waals surface area contributed by atoms with Gasteiger partial charge in [0.05, 0.1) is 11.6 Å². The molecule has 1 N–H and O–H groups in total. The van der Waals surface area contributed by atoms with Gasteiger partial charge in [-0.05, 0) is 36.8 Å². The standard InChI is InChI=1S/C26H20FNO3/c1-17-11-14-19(15-12-17)28-24(20-9-5-6-10-21(20)27)23(25(30)26(28)31)22(29)16-13-18-7-3-2-4-8-18/h2-16,24,30H,1H3/b16-13+. The first kappa shape index (κ1) is 20.3. The highest BCUT2D eigenvalue weighted by Gasteiger charge is 2.44. The average molecular weight is 413 g/mol. The number of allylic oxidation sites excluding steroid dienone is 1. The number of hydrogen-bond donors (Lipinski definition) is 1. The van der Waals surface area contributed by atoms with Crippen LogP contribution >= 0.6 is 0 Å². The Morgan fingerprint density at radius 3 is 2.29 bits per heavy atom. The second-order valence-electron chi connectivity index (χ2n) is 7.31. The van der Waals surface area contributed by atoms with E-state index in [4.69, 9.17) is 0 Å². The Bertz CT molecular complexity index is 1200. The van der Waals surface area contributed by atoms with Crippen LogP contribution in [0.15, 0.2) is 96.3 Å². The Hall–Kier alpha value is -3.99. The minimum atomic E-state index is -1.08. The average Bonchev–Trinajstić information content (AvgIpc) is 3.04. The largest absolute Gasteiger partial charge is 0.503 e. The van der Waals surface area contributed by atoms with Crippen molar-refractivity contribution in [3.63, 3.8) is 0 Å². The Kier molecular flexibility index (Phi) is 5.50. The minimum absolute atomic E-state index is 0.136. The summed E-state index contributed by atoms with van der Waals surface area (Å²) in [6.45, 7) is 1.91. The predicted molar refractivity (Wildman–Crippen MR) is 118 cm³/mol. The summed E-state index contributed by atoms with van der Waals surface area (Å²) in [5.74, 6) is -2.54. The molecule has 1 heterocycles. The van der Waals surface area contributed by atoms with E-state index >= 15 is 0 Å². The van der Waals surface area contributed by atoms with E-state index in [1.165, 1.54) is 29.2 Å². The quantitative estimate of drug-likeness (QED) is 0.576. The summed E-state index contributed by atoms with van der Waals surface area (Å²) in [6.07, 6.45) is 2.89. The summed E-state index contributed by atoms with van der Waals surface area (Å²) in [5, 5.41) is 10.6. The van der Waals surface area contributed by atoms with Crippen molar-refractivity contribution < 1.29 is 19.1 Å². The van der Waals surface area contributed by atoms with Crippen LogP contribution in [0.3, 0.4) is 0 Å². The molecule has 154 valence electrons. The molecule has 0 radical (unpaired) electrons. The van der Waals surface area contributed by atoms with Crippen LogP contribution in [0.5, 0.6) is 0 Å². The predicted octanol–water partition coefficient (Wildman–Crippen LogP) is 5.32. The van der Waals surface area contributed by atoms with Crippen LogP contribution in [0, 0.1) is 12.7 Å². The van der Waals surface area contributed by atoms with Crippen molar-refractivity contribution >= 4 is 23.5 Å². The lowest BCUT2D eigenvalue weighted by atomic mass is 9.95. The molecule has 4 rings (SSSR count). The molecule has 0 aliphatic carbocycles. The van der Waals surface area contributed by atoms with E-state index in [1.807, 2.05) is 49.4 Å². The van der Waals surface area contributed by atoms with Crippen LogP contribution in [0.2, 0.25) is 0 Å². The number of ketones is 1. The normalized spacial score (nSPS) is 16.4. The van der Waals surface area contributed by atoms with Crippen molar-refractivity contribution in [1.29, 1.82) is 0 Å². The van der Waals surface area contributed by atoms with E-state index in [-0.39, 0.29) is 11.1 Å². The van der Waals surface area contributed by atoms with Crippen LogP contribution in [0.25, 0.3) is 6.08 Å². The third-order valence-corrected chi connectivity index (χ3v) is 5.21. The van der Waals surface area contributed by atoms with Crippen LogP contribution in [-0.2, 0) is 9.59 Å². The number of aliphatic hydroxyl groups is 1. The van der Waals surface area contributed by atoms with Crippen molar-refractivity contribution in [1.82, 2.24) is 0 Å². The maximum absolute atomic E-state index is 14.8. The topological polar surface area (TPSA) is 57.6 Å². The van der Waals surface area contributed by atoms with Gasteiger partial charge in [0.2, 0.25) is 0 Å². The maximum atomic E-state index is 14.8. The van der Waals surface area contributed by atoms with Gasteiger partial charge < -0.3 is 5.11 Å². The molecule has 0 spiro atoms. The molecule has 0 bridgehead atoms. The molecule has 1 amide bonds. The lowest BCUT2D eigenvalue weighted by molar-refractivity contribution is -0.117. The van der Waals surface area contributed by atoms with Crippen molar-refractivity contribution in [2.24, 2.45) is 0 Å². The zero-order valence-electron chi connectivity index (χ0n) is 16.8. The monoisotopic (exact) mass is 413 g/mol. The number of aryl methyl sites for hydroxylation is 1. The van der Waals surface area contributed by atoms with Crippen LogP contribution in [0.4, 0.5) is 10.1 Å². The highest BCUT2D eigenvalue weighted by atomic mass is 19.1. The van der Waals surface area contributed by atoms with Gasteiger partial charge in [-0.3, -0.25) is 14.5 Å². The molecule has 4 nitrogen and oxygen atoms in total. The fourth-order valence-electron chi connectivity index (χ4n) is 3.65. The van der Waals surface area contributed by atoms with Gasteiger partial charge in [-0.25, -0.2) is 4.39 Å². The molecule has 1 atom stereocenters. The van der Waals surface area contributed by atoms with Crippen LogP contribution in [0.1, 0.15) is 22.7 Å². The van der Waals surface area contributed by atoms with Gasteiger partial charge in [0.15, 0.2) is 11.5 Å². The number of anilines is 1. The summed E-state index contributed by atoms with van der Waals surface area (Å²) in [5.41, 5.74) is 2.22. The van der Waals surface area contributed by atoms with Crippen molar-refractivity contribution in [2.75, 3.05) is 4.90 Å². The van der Waals surface area contributed by atoms with Gasteiger partial charge in [0, 0.05) is 11.3 Å². The summed E-state index contributed by atoms with van der Waals surface area (Å²) in [6, 6.07) is 21.1. The molecule has 0 fully saturated rings. The Labute approximate surface area is 179 Å². The number of halogens is 1. The van der Waals surface area contributed by atoms with Gasteiger partial charge >= 0.3 is 0 Å². The number of amides is 1. The second-order valence-corrected chi connectivity index (χ2v) is 7.31. The van der Waals surface area contributed by atoms with E-state index in [9.17, 15) is 19.1 Å². The van der Waals surface area contributed by atoms with E-state index in [0.29, 0.717) is 5.69 Å². The number of hydrogen-bond acceptors (Lipinski definition) is 3. The molecule has 0 aromatic heterocycles. The molecule has 0 saturated carbocycles. The first-order chi connectivity index (χ1) is 15.0. The Morgan fingerprint density at radius 2 is 1.61 bits per heavy atom. The molecular weight excluding hydrogens is 393 g/mol. The molecule has 3 aromatic carbocycles. The zero-order valence-corrected chi connectivity index (χ0v) is 16.8. The molecule has 1 aliphatic rings. The molecule has 31 heavy (non-hydrogen) atoms. The number of rotatable bonds is 5. The van der Waals surface area contributed by atoms with E-state index < -0.39 is 29.3 Å². The Balaban J connectivity index is 1.81. The van der Waals surface area contributed by atoms with E-state index in [2.05, 4.69) is 0 Å². The second kappa shape index (κ2) is 8.40. The number of carbonyl (C=O) groups excluding carboxylic acids is 2. The van der Waals surface area contributed by atoms with Gasteiger partial charge in [0.1, 0.15) is 5.82 Å². The minimum Gasteiger partial charge on any atom is -0.503 e.